The van der Waals surface area contributed by atoms with Gasteiger partial charge in [-0.1, -0.05) is 18.2 Å². The maximum Gasteiger partial charge on any atom is 0.150 e. The molecule has 3 N–H and O–H groups in total. The molecule has 0 unspecified atom stereocenters. The Labute approximate surface area is 125 Å². The van der Waals surface area contributed by atoms with Gasteiger partial charge in [-0.05, 0) is 17.5 Å². The number of aromatic nitrogens is 2. The fourth-order valence-corrected chi connectivity index (χ4v) is 2.83. The van der Waals surface area contributed by atoms with Crippen LogP contribution in [0.3, 0.4) is 0 Å². The van der Waals surface area contributed by atoms with Gasteiger partial charge in [-0.2, -0.15) is 0 Å². The van der Waals surface area contributed by atoms with Gasteiger partial charge in [-0.25, -0.2) is 9.37 Å². The third-order valence-electron chi connectivity index (χ3n) is 3.16. The highest BCUT2D eigenvalue weighted by atomic mass is 32.1. The first-order chi connectivity index (χ1) is 10.1. The van der Waals surface area contributed by atoms with Crippen molar-refractivity contribution < 1.29 is 4.39 Å². The zero-order chi connectivity index (χ0) is 14.8. The van der Waals surface area contributed by atoms with Gasteiger partial charge in [0.1, 0.15) is 17.5 Å². The van der Waals surface area contributed by atoms with Gasteiger partial charge in [0.2, 0.25) is 0 Å². The lowest BCUT2D eigenvalue weighted by Gasteiger charge is -2.09. The third-order valence-corrected chi connectivity index (χ3v) is 4.03. The summed E-state index contributed by atoms with van der Waals surface area (Å²) < 4.78 is 16.0. The van der Waals surface area contributed by atoms with Crippen LogP contribution >= 0.6 is 11.3 Å². The molecule has 0 aliphatic heterocycles. The van der Waals surface area contributed by atoms with E-state index >= 15 is 0 Å². The molecule has 4 nitrogen and oxygen atoms in total. The summed E-state index contributed by atoms with van der Waals surface area (Å²) in [6, 6.07) is 8.55. The highest BCUT2D eigenvalue weighted by Crippen LogP contribution is 2.24. The van der Waals surface area contributed by atoms with E-state index in [1.54, 1.807) is 29.7 Å². The second-order valence-corrected chi connectivity index (χ2v) is 5.52. The maximum absolute atomic E-state index is 14.1. The summed E-state index contributed by atoms with van der Waals surface area (Å²) in [6.07, 6.45) is 3.53. The van der Waals surface area contributed by atoms with E-state index in [0.29, 0.717) is 17.7 Å². The standard InChI is InChI=1S/C15H13FN4S/c16-12-8-10(14(17)18)3-4-11(12)9-20-6-5-19-15(20)13-2-1-7-21-13/h1-8H,9H2,(H3,17,18). The predicted molar refractivity (Wildman–Crippen MR) is 82.1 cm³/mol. The van der Waals surface area contributed by atoms with Gasteiger partial charge in [-0.15, -0.1) is 11.3 Å². The molecular formula is C15H13FN4S. The summed E-state index contributed by atoms with van der Waals surface area (Å²) in [5.41, 5.74) is 6.29. The minimum Gasteiger partial charge on any atom is -0.384 e. The van der Waals surface area contributed by atoms with Crippen molar-refractivity contribution in [3.05, 3.63) is 65.0 Å². The molecule has 0 aliphatic carbocycles. The van der Waals surface area contributed by atoms with Gasteiger partial charge in [-0.3, -0.25) is 5.41 Å². The van der Waals surface area contributed by atoms with E-state index in [2.05, 4.69) is 4.98 Å². The fourth-order valence-electron chi connectivity index (χ4n) is 2.09. The molecule has 3 aromatic rings. The van der Waals surface area contributed by atoms with E-state index < -0.39 is 0 Å². The largest absolute Gasteiger partial charge is 0.384 e. The van der Waals surface area contributed by atoms with Crippen LogP contribution in [0.5, 0.6) is 0 Å². The van der Waals surface area contributed by atoms with Crippen LogP contribution in [-0.2, 0) is 6.54 Å². The number of hydrogen-bond donors (Lipinski definition) is 2. The van der Waals surface area contributed by atoms with Crippen molar-refractivity contribution in [3.8, 4) is 10.7 Å². The van der Waals surface area contributed by atoms with Crippen LogP contribution in [-0.4, -0.2) is 15.4 Å². The number of nitrogens with zero attached hydrogens (tertiary/aromatic N) is 2. The van der Waals surface area contributed by atoms with E-state index in [1.165, 1.54) is 6.07 Å². The van der Waals surface area contributed by atoms with Crippen molar-refractivity contribution in [1.29, 1.82) is 5.41 Å². The molecule has 3 rings (SSSR count). The topological polar surface area (TPSA) is 67.7 Å². The molecule has 106 valence electrons. The Balaban J connectivity index is 1.91. The van der Waals surface area contributed by atoms with Crippen molar-refractivity contribution in [3.63, 3.8) is 0 Å². The Kier molecular flexibility index (Phi) is 3.53. The summed E-state index contributed by atoms with van der Waals surface area (Å²) in [5.74, 6) is 0.316. The zero-order valence-corrected chi connectivity index (χ0v) is 11.9. The molecule has 6 heteroatoms. The molecule has 2 aromatic heterocycles. The van der Waals surface area contributed by atoms with Crippen LogP contribution in [0.1, 0.15) is 11.1 Å². The number of halogens is 1. The van der Waals surface area contributed by atoms with Crippen LogP contribution in [0.15, 0.2) is 48.1 Å². The summed E-state index contributed by atoms with van der Waals surface area (Å²) >= 11 is 1.59. The first-order valence-corrected chi connectivity index (χ1v) is 7.21. The van der Waals surface area contributed by atoms with Crippen molar-refractivity contribution in [2.75, 3.05) is 0 Å². The average Bonchev–Trinajstić information content (AvgIpc) is 3.11. The second kappa shape index (κ2) is 5.49. The summed E-state index contributed by atoms with van der Waals surface area (Å²) in [6.45, 7) is 0.386. The minimum atomic E-state index is -0.367. The van der Waals surface area contributed by atoms with Gasteiger partial charge in [0.05, 0.1) is 11.4 Å². The van der Waals surface area contributed by atoms with Crippen molar-refractivity contribution in [1.82, 2.24) is 9.55 Å². The number of benzene rings is 1. The Morgan fingerprint density at radius 1 is 1.38 bits per heavy atom. The van der Waals surface area contributed by atoms with Gasteiger partial charge >= 0.3 is 0 Å². The number of rotatable bonds is 4. The lowest BCUT2D eigenvalue weighted by atomic mass is 10.1. The fraction of sp³-hybridized carbons (Fsp3) is 0.0667. The van der Waals surface area contributed by atoms with Gasteiger partial charge in [0.25, 0.3) is 0 Å². The molecule has 0 radical (unpaired) electrons. The predicted octanol–water partition coefficient (Wildman–Crippen LogP) is 3.08. The molecule has 21 heavy (non-hydrogen) atoms. The maximum atomic E-state index is 14.1. The second-order valence-electron chi connectivity index (χ2n) is 4.58. The van der Waals surface area contributed by atoms with E-state index in [9.17, 15) is 4.39 Å². The number of nitrogens with one attached hydrogen (secondary N) is 1. The van der Waals surface area contributed by atoms with Crippen LogP contribution in [0.25, 0.3) is 10.7 Å². The minimum absolute atomic E-state index is 0.137. The Hall–Kier alpha value is -2.47. The third kappa shape index (κ3) is 2.71. The number of imidazole rings is 1. The monoisotopic (exact) mass is 300 g/mol. The smallest absolute Gasteiger partial charge is 0.150 e. The van der Waals surface area contributed by atoms with E-state index in [4.69, 9.17) is 11.1 Å². The Morgan fingerprint density at radius 3 is 2.90 bits per heavy atom. The van der Waals surface area contributed by atoms with Crippen molar-refractivity contribution >= 4 is 17.2 Å². The summed E-state index contributed by atoms with van der Waals surface area (Å²) in [4.78, 5) is 5.37. The van der Waals surface area contributed by atoms with Crippen molar-refractivity contribution in [2.45, 2.75) is 6.54 Å². The van der Waals surface area contributed by atoms with Gasteiger partial charge < -0.3 is 10.3 Å². The van der Waals surface area contributed by atoms with E-state index in [-0.39, 0.29) is 11.7 Å². The first kappa shape index (κ1) is 13.5. The van der Waals surface area contributed by atoms with Crippen LogP contribution in [0.4, 0.5) is 4.39 Å². The zero-order valence-electron chi connectivity index (χ0n) is 11.1. The molecular weight excluding hydrogens is 287 g/mol. The number of hydrogen-bond acceptors (Lipinski definition) is 3. The molecule has 2 heterocycles. The molecule has 0 atom stereocenters. The highest BCUT2D eigenvalue weighted by molar-refractivity contribution is 7.13. The molecule has 0 amide bonds. The molecule has 0 aliphatic rings. The van der Waals surface area contributed by atoms with E-state index in [0.717, 1.165) is 10.7 Å². The number of nitrogen functional groups attached to an aromatic ring is 1. The van der Waals surface area contributed by atoms with Crippen LogP contribution < -0.4 is 5.73 Å². The van der Waals surface area contributed by atoms with Crippen LogP contribution in [0.2, 0.25) is 0 Å². The average molecular weight is 300 g/mol. The van der Waals surface area contributed by atoms with E-state index in [1.807, 2.05) is 28.3 Å². The van der Waals surface area contributed by atoms with Crippen molar-refractivity contribution in [2.24, 2.45) is 5.73 Å². The van der Waals surface area contributed by atoms with Crippen LogP contribution in [0, 0.1) is 11.2 Å². The quantitative estimate of drug-likeness (QED) is 0.574. The highest BCUT2D eigenvalue weighted by Gasteiger charge is 2.10. The summed E-state index contributed by atoms with van der Waals surface area (Å²) in [5, 5.41) is 9.31. The SMILES string of the molecule is N=C(N)c1ccc(Cn2ccnc2-c2cccs2)c(F)c1. The molecule has 0 bridgehead atoms. The first-order valence-electron chi connectivity index (χ1n) is 6.33. The lowest BCUT2D eigenvalue weighted by molar-refractivity contribution is 0.600. The van der Waals surface area contributed by atoms with Gasteiger partial charge in [0, 0.05) is 23.5 Å². The molecule has 1 aromatic carbocycles. The molecule has 0 saturated heterocycles. The van der Waals surface area contributed by atoms with Gasteiger partial charge in [0.15, 0.2) is 0 Å². The molecule has 0 saturated carbocycles. The lowest BCUT2D eigenvalue weighted by Crippen LogP contribution is -2.12. The summed E-state index contributed by atoms with van der Waals surface area (Å²) in [7, 11) is 0. The Bertz CT molecular complexity index is 777. The Morgan fingerprint density at radius 2 is 2.24 bits per heavy atom. The molecule has 0 fully saturated rings. The number of nitrogens with two attached hydrogens (primary N) is 1. The number of amidine groups is 1. The number of thiophene rings is 1. The normalized spacial score (nSPS) is 10.7. The molecule has 0 spiro atoms.